The molecule has 0 aromatic heterocycles. The summed E-state index contributed by atoms with van der Waals surface area (Å²) in [6.45, 7) is 1.31. The molecule has 0 bridgehead atoms. The molecular formula is C12H16N2O. The van der Waals surface area contributed by atoms with Crippen LogP contribution in [0.3, 0.4) is 0 Å². The van der Waals surface area contributed by atoms with E-state index in [4.69, 9.17) is 0 Å². The number of fused-ring (bicyclic) bond motifs is 1. The molecule has 0 unspecified atom stereocenters. The van der Waals surface area contributed by atoms with Crippen molar-refractivity contribution in [3.8, 4) is 0 Å². The number of rotatable bonds is 2. The van der Waals surface area contributed by atoms with E-state index < -0.39 is 0 Å². The first kappa shape index (κ1) is 10.2. The molecule has 1 heterocycles. The van der Waals surface area contributed by atoms with Gasteiger partial charge in [0, 0.05) is 12.2 Å². The van der Waals surface area contributed by atoms with Crippen molar-refractivity contribution in [3.05, 3.63) is 29.8 Å². The van der Waals surface area contributed by atoms with Gasteiger partial charge in [-0.05, 0) is 32.1 Å². The summed E-state index contributed by atoms with van der Waals surface area (Å²) in [7, 11) is 3.83. The van der Waals surface area contributed by atoms with Gasteiger partial charge in [0.05, 0.1) is 6.54 Å². The second-order valence-corrected chi connectivity index (χ2v) is 4.16. The Bertz CT molecular complexity index is 374. The Morgan fingerprint density at radius 2 is 2.13 bits per heavy atom. The van der Waals surface area contributed by atoms with E-state index in [0.29, 0.717) is 6.54 Å². The smallest absolute Gasteiger partial charge is 0.241 e. The molecule has 1 aliphatic heterocycles. The van der Waals surface area contributed by atoms with Crippen LogP contribution in [0.1, 0.15) is 5.56 Å². The van der Waals surface area contributed by atoms with Gasteiger partial charge < -0.3 is 9.80 Å². The molecule has 0 saturated heterocycles. The molecule has 0 saturated carbocycles. The molecular weight excluding hydrogens is 188 g/mol. The average Bonchev–Trinajstić information content (AvgIpc) is 2.59. The van der Waals surface area contributed by atoms with Gasteiger partial charge in [0.1, 0.15) is 0 Å². The summed E-state index contributed by atoms with van der Waals surface area (Å²) in [5, 5.41) is 0. The molecule has 0 N–H and O–H groups in total. The number of carbonyl (C=O) groups excluding carboxylic acids is 1. The summed E-state index contributed by atoms with van der Waals surface area (Å²) in [4.78, 5) is 15.7. The van der Waals surface area contributed by atoms with Gasteiger partial charge in [0.15, 0.2) is 0 Å². The molecule has 0 atom stereocenters. The van der Waals surface area contributed by atoms with Crippen LogP contribution in [-0.2, 0) is 11.2 Å². The maximum atomic E-state index is 11.9. The van der Waals surface area contributed by atoms with Crippen molar-refractivity contribution in [2.24, 2.45) is 0 Å². The van der Waals surface area contributed by atoms with Crippen LogP contribution in [0.4, 0.5) is 5.69 Å². The van der Waals surface area contributed by atoms with Crippen LogP contribution in [0.5, 0.6) is 0 Å². The molecule has 0 aliphatic carbocycles. The summed E-state index contributed by atoms with van der Waals surface area (Å²) in [6.07, 6.45) is 0.981. The Kier molecular flexibility index (Phi) is 2.73. The third-order valence-electron chi connectivity index (χ3n) is 2.64. The van der Waals surface area contributed by atoms with Gasteiger partial charge >= 0.3 is 0 Å². The minimum atomic E-state index is 0.185. The molecule has 2 rings (SSSR count). The highest BCUT2D eigenvalue weighted by Gasteiger charge is 2.23. The first-order chi connectivity index (χ1) is 7.18. The first-order valence-corrected chi connectivity index (χ1v) is 5.21. The Morgan fingerprint density at radius 1 is 1.40 bits per heavy atom. The zero-order valence-electron chi connectivity index (χ0n) is 9.23. The average molecular weight is 204 g/mol. The normalized spacial score (nSPS) is 14.5. The lowest BCUT2D eigenvalue weighted by atomic mass is 10.2. The molecule has 0 radical (unpaired) electrons. The summed E-state index contributed by atoms with van der Waals surface area (Å²) in [6, 6.07) is 8.13. The highest BCUT2D eigenvalue weighted by Crippen LogP contribution is 2.27. The molecule has 1 amide bonds. The van der Waals surface area contributed by atoms with Crippen LogP contribution >= 0.6 is 0 Å². The molecule has 3 nitrogen and oxygen atoms in total. The van der Waals surface area contributed by atoms with Crippen LogP contribution in [0, 0.1) is 0 Å². The van der Waals surface area contributed by atoms with E-state index >= 15 is 0 Å². The van der Waals surface area contributed by atoms with Gasteiger partial charge in [-0.25, -0.2) is 0 Å². The van der Waals surface area contributed by atoms with E-state index in [1.807, 2.05) is 42.1 Å². The molecule has 3 heteroatoms. The summed E-state index contributed by atoms with van der Waals surface area (Å²) in [5.41, 5.74) is 2.37. The van der Waals surface area contributed by atoms with Gasteiger partial charge in [-0.2, -0.15) is 0 Å². The largest absolute Gasteiger partial charge is 0.311 e. The Labute approximate surface area is 90.3 Å². The Balaban J connectivity index is 2.17. The quantitative estimate of drug-likeness (QED) is 0.721. The minimum Gasteiger partial charge on any atom is -0.311 e. The molecule has 15 heavy (non-hydrogen) atoms. The van der Waals surface area contributed by atoms with E-state index in [1.54, 1.807) is 0 Å². The van der Waals surface area contributed by atoms with Crippen molar-refractivity contribution in [2.45, 2.75) is 6.42 Å². The lowest BCUT2D eigenvalue weighted by Crippen LogP contribution is -2.36. The predicted octanol–water partition coefficient (Wildman–Crippen LogP) is 1.14. The van der Waals surface area contributed by atoms with Crippen LogP contribution in [0.25, 0.3) is 0 Å². The monoisotopic (exact) mass is 204 g/mol. The highest BCUT2D eigenvalue weighted by molar-refractivity contribution is 5.96. The minimum absolute atomic E-state index is 0.185. The number of nitrogens with zero attached hydrogens (tertiary/aromatic N) is 2. The summed E-state index contributed by atoms with van der Waals surface area (Å²) < 4.78 is 0. The molecule has 80 valence electrons. The number of anilines is 1. The highest BCUT2D eigenvalue weighted by atomic mass is 16.2. The van der Waals surface area contributed by atoms with E-state index in [2.05, 4.69) is 6.07 Å². The standard InChI is InChI=1S/C12H16N2O/c1-13(2)9-12(15)14-8-7-10-5-3-4-6-11(10)14/h3-6H,7-9H2,1-2H3. The van der Waals surface area contributed by atoms with Crippen LogP contribution in [0.2, 0.25) is 0 Å². The lowest BCUT2D eigenvalue weighted by molar-refractivity contribution is -0.119. The van der Waals surface area contributed by atoms with E-state index in [0.717, 1.165) is 18.7 Å². The van der Waals surface area contributed by atoms with Gasteiger partial charge in [-0.15, -0.1) is 0 Å². The fourth-order valence-corrected chi connectivity index (χ4v) is 1.95. The maximum absolute atomic E-state index is 11.9. The van der Waals surface area contributed by atoms with Crippen molar-refractivity contribution in [2.75, 3.05) is 32.1 Å². The van der Waals surface area contributed by atoms with E-state index in [-0.39, 0.29) is 5.91 Å². The SMILES string of the molecule is CN(C)CC(=O)N1CCc2ccccc21. The Morgan fingerprint density at radius 3 is 2.87 bits per heavy atom. The van der Waals surface area contributed by atoms with Crippen LogP contribution < -0.4 is 4.90 Å². The van der Waals surface area contributed by atoms with Crippen LogP contribution in [0.15, 0.2) is 24.3 Å². The van der Waals surface area contributed by atoms with E-state index in [1.165, 1.54) is 5.56 Å². The number of para-hydroxylation sites is 1. The zero-order valence-corrected chi connectivity index (χ0v) is 9.23. The molecule has 0 fully saturated rings. The number of benzene rings is 1. The second kappa shape index (κ2) is 4.03. The number of carbonyl (C=O) groups is 1. The summed E-state index contributed by atoms with van der Waals surface area (Å²) >= 11 is 0. The second-order valence-electron chi connectivity index (χ2n) is 4.16. The van der Waals surface area contributed by atoms with Gasteiger partial charge in [-0.1, -0.05) is 18.2 Å². The van der Waals surface area contributed by atoms with Crippen molar-refractivity contribution in [1.82, 2.24) is 4.90 Å². The van der Waals surface area contributed by atoms with Gasteiger partial charge in [0.2, 0.25) is 5.91 Å². The fraction of sp³-hybridized carbons (Fsp3) is 0.417. The van der Waals surface area contributed by atoms with Crippen molar-refractivity contribution in [3.63, 3.8) is 0 Å². The fourth-order valence-electron chi connectivity index (χ4n) is 1.95. The maximum Gasteiger partial charge on any atom is 0.241 e. The predicted molar refractivity (Wildman–Crippen MR) is 61.1 cm³/mol. The van der Waals surface area contributed by atoms with Crippen molar-refractivity contribution in [1.29, 1.82) is 0 Å². The summed E-state index contributed by atoms with van der Waals surface area (Å²) in [5.74, 6) is 0.185. The van der Waals surface area contributed by atoms with Crippen molar-refractivity contribution >= 4 is 11.6 Å². The Hall–Kier alpha value is -1.35. The number of hydrogen-bond acceptors (Lipinski definition) is 2. The molecule has 1 aromatic carbocycles. The molecule has 1 aliphatic rings. The van der Waals surface area contributed by atoms with Gasteiger partial charge in [0.25, 0.3) is 0 Å². The van der Waals surface area contributed by atoms with Crippen LogP contribution in [-0.4, -0.2) is 38.0 Å². The van der Waals surface area contributed by atoms with E-state index in [9.17, 15) is 4.79 Å². The number of amides is 1. The number of likely N-dealkylation sites (N-methyl/N-ethyl adjacent to an activating group) is 1. The van der Waals surface area contributed by atoms with Gasteiger partial charge in [-0.3, -0.25) is 4.79 Å². The zero-order chi connectivity index (χ0) is 10.8. The van der Waals surface area contributed by atoms with Crippen molar-refractivity contribution < 1.29 is 4.79 Å². The number of hydrogen-bond donors (Lipinski definition) is 0. The lowest BCUT2D eigenvalue weighted by Gasteiger charge is -2.19. The molecule has 0 spiro atoms. The third kappa shape index (κ3) is 2.02. The third-order valence-corrected chi connectivity index (χ3v) is 2.64. The first-order valence-electron chi connectivity index (χ1n) is 5.21. The molecule has 1 aromatic rings. The topological polar surface area (TPSA) is 23.6 Å².